The van der Waals surface area contributed by atoms with Crippen molar-refractivity contribution in [3.63, 3.8) is 0 Å². The molecule has 104 valence electrons. The summed E-state index contributed by atoms with van der Waals surface area (Å²) in [6.07, 6.45) is 4.34. The van der Waals surface area contributed by atoms with Crippen LogP contribution in [0.5, 0.6) is 0 Å². The van der Waals surface area contributed by atoms with E-state index in [1.165, 1.54) is 30.8 Å². The molecule has 5 heteroatoms. The van der Waals surface area contributed by atoms with Gasteiger partial charge in [-0.2, -0.15) is 0 Å². The first-order chi connectivity index (χ1) is 9.72. The van der Waals surface area contributed by atoms with Crippen molar-refractivity contribution in [2.24, 2.45) is 0 Å². The van der Waals surface area contributed by atoms with E-state index in [2.05, 4.69) is 38.5 Å². The Kier molecular flexibility index (Phi) is 3.89. The molecule has 1 aliphatic heterocycles. The molecule has 0 atom stereocenters. The average molecular weight is 286 g/mol. The van der Waals surface area contributed by atoms with Gasteiger partial charge in [0.25, 0.3) is 0 Å². The van der Waals surface area contributed by atoms with Crippen LogP contribution in [0.1, 0.15) is 18.5 Å². The zero-order valence-corrected chi connectivity index (χ0v) is 12.4. The smallest absolute Gasteiger partial charge is 0.144 e. The number of benzene rings is 1. The fourth-order valence-corrected chi connectivity index (χ4v) is 3.33. The van der Waals surface area contributed by atoms with Crippen LogP contribution < -0.4 is 5.73 Å². The maximum Gasteiger partial charge on any atom is 0.144 e. The molecule has 1 fully saturated rings. The second-order valence-electron chi connectivity index (χ2n) is 4.98. The minimum atomic E-state index is 0.497. The molecule has 4 nitrogen and oxygen atoms in total. The van der Waals surface area contributed by atoms with Crippen molar-refractivity contribution in [2.75, 3.05) is 18.8 Å². The highest BCUT2D eigenvalue weighted by Crippen LogP contribution is 2.29. The lowest BCUT2D eigenvalue weighted by Gasteiger charge is -2.13. The number of aryl methyl sites for hydroxylation is 1. The number of hydrogen-bond acceptors (Lipinski definition) is 5. The fourth-order valence-electron chi connectivity index (χ4n) is 2.27. The molecular formula is C15H18N4S. The van der Waals surface area contributed by atoms with Crippen LogP contribution in [-0.2, 0) is 0 Å². The third kappa shape index (κ3) is 2.94. The Morgan fingerprint density at radius 3 is 2.80 bits per heavy atom. The Balaban J connectivity index is 1.84. The van der Waals surface area contributed by atoms with Gasteiger partial charge in [-0.25, -0.2) is 14.3 Å². The van der Waals surface area contributed by atoms with Crippen LogP contribution in [0.15, 0.2) is 35.4 Å². The van der Waals surface area contributed by atoms with Crippen molar-refractivity contribution < 1.29 is 0 Å². The molecule has 1 aliphatic rings. The quantitative estimate of drug-likeness (QED) is 0.878. The number of anilines is 1. The molecule has 0 saturated carbocycles. The minimum absolute atomic E-state index is 0.497. The highest BCUT2D eigenvalue weighted by Gasteiger charge is 2.13. The Morgan fingerprint density at radius 1 is 1.25 bits per heavy atom. The van der Waals surface area contributed by atoms with Gasteiger partial charge in [-0.3, -0.25) is 0 Å². The first-order valence-electron chi connectivity index (χ1n) is 6.85. The molecule has 20 heavy (non-hydrogen) atoms. The highest BCUT2D eigenvalue weighted by atomic mass is 32.2. The number of rotatable bonds is 3. The lowest BCUT2D eigenvalue weighted by Crippen LogP contribution is -2.08. The van der Waals surface area contributed by atoms with Crippen LogP contribution in [-0.4, -0.2) is 27.4 Å². The van der Waals surface area contributed by atoms with E-state index in [4.69, 9.17) is 5.73 Å². The van der Waals surface area contributed by atoms with Crippen LogP contribution in [0.2, 0.25) is 0 Å². The van der Waals surface area contributed by atoms with Gasteiger partial charge >= 0.3 is 0 Å². The summed E-state index contributed by atoms with van der Waals surface area (Å²) in [6, 6.07) is 8.45. The van der Waals surface area contributed by atoms with Crippen LogP contribution in [0.3, 0.4) is 0 Å². The van der Waals surface area contributed by atoms with Gasteiger partial charge < -0.3 is 5.73 Å². The zero-order valence-electron chi connectivity index (χ0n) is 11.5. The van der Waals surface area contributed by atoms with Gasteiger partial charge in [0.1, 0.15) is 5.82 Å². The number of nitrogens with zero attached hydrogens (tertiary/aromatic N) is 3. The fraction of sp³-hybridized carbons (Fsp3) is 0.333. The number of nitrogens with two attached hydrogens (primary N) is 1. The first-order valence-corrected chi connectivity index (χ1v) is 7.62. The van der Waals surface area contributed by atoms with Crippen LogP contribution >= 0.6 is 11.9 Å². The van der Waals surface area contributed by atoms with Gasteiger partial charge in [-0.05, 0) is 43.8 Å². The Morgan fingerprint density at radius 2 is 2.05 bits per heavy atom. The van der Waals surface area contributed by atoms with Crippen molar-refractivity contribution in [3.05, 3.63) is 36.2 Å². The molecule has 3 rings (SSSR count). The van der Waals surface area contributed by atoms with Gasteiger partial charge in [-0.1, -0.05) is 12.1 Å². The molecule has 1 aromatic heterocycles. The second-order valence-corrected chi connectivity index (χ2v) is 6.15. The van der Waals surface area contributed by atoms with Crippen LogP contribution in [0.4, 0.5) is 5.82 Å². The maximum atomic E-state index is 5.72. The molecule has 2 heterocycles. The summed E-state index contributed by atoms with van der Waals surface area (Å²) in [6.45, 7) is 4.24. The molecule has 2 N–H and O–H groups in total. The van der Waals surface area contributed by atoms with Gasteiger partial charge in [0.15, 0.2) is 0 Å². The number of aromatic nitrogens is 2. The molecule has 2 aromatic rings. The van der Waals surface area contributed by atoms with Gasteiger partial charge in [0.2, 0.25) is 0 Å². The summed E-state index contributed by atoms with van der Waals surface area (Å²) < 4.78 is 2.42. The predicted octanol–water partition coefficient (Wildman–Crippen LogP) is 3.14. The third-order valence-electron chi connectivity index (χ3n) is 3.41. The third-order valence-corrected chi connectivity index (χ3v) is 4.50. The van der Waals surface area contributed by atoms with Gasteiger partial charge in [0, 0.05) is 23.5 Å². The molecule has 0 spiro atoms. The van der Waals surface area contributed by atoms with Crippen molar-refractivity contribution in [3.8, 4) is 11.3 Å². The van der Waals surface area contributed by atoms with Crippen molar-refractivity contribution >= 4 is 17.8 Å². The van der Waals surface area contributed by atoms with E-state index in [-0.39, 0.29) is 0 Å². The molecule has 0 bridgehead atoms. The summed E-state index contributed by atoms with van der Waals surface area (Å²) >= 11 is 1.83. The minimum Gasteiger partial charge on any atom is -0.382 e. The monoisotopic (exact) mass is 286 g/mol. The SMILES string of the molecule is Cc1nc(-c2cccc(SN3CCCC3)c2)cnc1N. The molecule has 0 radical (unpaired) electrons. The van der Waals surface area contributed by atoms with E-state index in [0.29, 0.717) is 5.82 Å². The van der Waals surface area contributed by atoms with E-state index in [1.807, 2.05) is 18.9 Å². The van der Waals surface area contributed by atoms with E-state index >= 15 is 0 Å². The number of nitrogen functional groups attached to an aromatic ring is 1. The lowest BCUT2D eigenvalue weighted by atomic mass is 10.1. The van der Waals surface area contributed by atoms with Crippen LogP contribution in [0.25, 0.3) is 11.3 Å². The molecule has 1 aromatic carbocycles. The maximum absolute atomic E-state index is 5.72. The summed E-state index contributed by atoms with van der Waals surface area (Å²) in [5.74, 6) is 0.497. The largest absolute Gasteiger partial charge is 0.382 e. The van der Waals surface area contributed by atoms with E-state index in [9.17, 15) is 0 Å². The zero-order chi connectivity index (χ0) is 13.9. The lowest BCUT2D eigenvalue weighted by molar-refractivity contribution is 0.586. The molecular weight excluding hydrogens is 268 g/mol. The Hall–Kier alpha value is -1.59. The Labute approximate surface area is 123 Å². The summed E-state index contributed by atoms with van der Waals surface area (Å²) in [5.41, 5.74) is 8.46. The molecule has 0 aliphatic carbocycles. The molecule has 1 saturated heterocycles. The summed E-state index contributed by atoms with van der Waals surface area (Å²) in [7, 11) is 0. The normalized spacial score (nSPS) is 15.7. The van der Waals surface area contributed by atoms with Crippen molar-refractivity contribution in [2.45, 2.75) is 24.7 Å². The van der Waals surface area contributed by atoms with E-state index < -0.39 is 0 Å². The molecule has 0 unspecified atom stereocenters. The number of hydrogen-bond donors (Lipinski definition) is 1. The van der Waals surface area contributed by atoms with Crippen molar-refractivity contribution in [1.29, 1.82) is 0 Å². The first kappa shape index (κ1) is 13.4. The Bertz CT molecular complexity index is 609. The standard InChI is InChI=1S/C15H18N4S/c1-11-15(16)17-10-14(18-11)12-5-4-6-13(9-12)20-19-7-2-3-8-19/h4-6,9-10H,2-3,7-8H2,1H3,(H2,16,17). The second kappa shape index (κ2) is 5.81. The predicted molar refractivity (Wildman–Crippen MR) is 83.3 cm³/mol. The average Bonchev–Trinajstić information content (AvgIpc) is 2.95. The van der Waals surface area contributed by atoms with Crippen LogP contribution in [0, 0.1) is 6.92 Å². The van der Waals surface area contributed by atoms with Gasteiger partial charge in [-0.15, -0.1) is 0 Å². The topological polar surface area (TPSA) is 55.0 Å². The van der Waals surface area contributed by atoms with E-state index in [1.54, 1.807) is 6.20 Å². The summed E-state index contributed by atoms with van der Waals surface area (Å²) in [4.78, 5) is 9.94. The summed E-state index contributed by atoms with van der Waals surface area (Å²) in [5, 5.41) is 0. The van der Waals surface area contributed by atoms with Gasteiger partial charge in [0.05, 0.1) is 17.6 Å². The van der Waals surface area contributed by atoms with E-state index in [0.717, 1.165) is 17.0 Å². The van der Waals surface area contributed by atoms with Crippen molar-refractivity contribution in [1.82, 2.24) is 14.3 Å². The highest BCUT2D eigenvalue weighted by molar-refractivity contribution is 7.97. The molecule has 0 amide bonds.